The highest BCUT2D eigenvalue weighted by Crippen LogP contribution is 2.17. The van der Waals surface area contributed by atoms with Crippen LogP contribution in [0.15, 0.2) is 18.2 Å². The van der Waals surface area contributed by atoms with Crippen LogP contribution in [0, 0.1) is 11.6 Å². The van der Waals surface area contributed by atoms with E-state index in [4.69, 9.17) is 4.74 Å². The van der Waals surface area contributed by atoms with Gasteiger partial charge >= 0.3 is 0 Å². The van der Waals surface area contributed by atoms with E-state index in [1.807, 2.05) is 0 Å². The van der Waals surface area contributed by atoms with Gasteiger partial charge in [0.1, 0.15) is 0 Å². The van der Waals surface area contributed by atoms with Gasteiger partial charge in [0.15, 0.2) is 11.6 Å². The largest absolute Gasteiger partial charge is 0.378 e. The lowest BCUT2D eigenvalue weighted by atomic mass is 10.1. The Morgan fingerprint density at radius 1 is 1.41 bits per heavy atom. The molecule has 0 bridgehead atoms. The van der Waals surface area contributed by atoms with E-state index >= 15 is 0 Å². The quantitative estimate of drug-likeness (QED) is 0.796. The first-order valence-electron chi connectivity index (χ1n) is 5.53. The Bertz CT molecular complexity index is 389. The summed E-state index contributed by atoms with van der Waals surface area (Å²) >= 11 is 3.41. The Hall–Kier alpha value is -0.520. The summed E-state index contributed by atoms with van der Waals surface area (Å²) in [6.45, 7) is 2.43. The summed E-state index contributed by atoms with van der Waals surface area (Å²) in [6.07, 6.45) is 0. The molecule has 1 aliphatic heterocycles. The Morgan fingerprint density at radius 3 is 3.00 bits per heavy atom. The zero-order valence-corrected chi connectivity index (χ0v) is 10.9. The molecule has 1 aliphatic rings. The van der Waals surface area contributed by atoms with E-state index in [1.165, 1.54) is 6.07 Å². The predicted octanol–water partition coefficient (Wildman–Crippen LogP) is 2.56. The van der Waals surface area contributed by atoms with Crippen molar-refractivity contribution in [3.63, 3.8) is 0 Å². The minimum atomic E-state index is -0.786. The summed E-state index contributed by atoms with van der Waals surface area (Å²) in [6, 6.07) is 4.52. The molecule has 0 saturated carbocycles. The van der Waals surface area contributed by atoms with E-state index < -0.39 is 11.6 Å². The molecule has 1 saturated heterocycles. The number of rotatable bonds is 3. The van der Waals surface area contributed by atoms with Gasteiger partial charge in [-0.15, -0.1) is 0 Å². The number of alkyl halides is 1. The number of morpholine rings is 1. The summed E-state index contributed by atoms with van der Waals surface area (Å²) in [7, 11) is 0. The maximum absolute atomic E-state index is 13.5. The monoisotopic (exact) mass is 305 g/mol. The first kappa shape index (κ1) is 12.9. The lowest BCUT2D eigenvalue weighted by molar-refractivity contribution is -0.00263. The molecule has 17 heavy (non-hydrogen) atoms. The van der Waals surface area contributed by atoms with Crippen molar-refractivity contribution in [2.45, 2.75) is 12.6 Å². The maximum Gasteiger partial charge on any atom is 0.163 e. The SMILES string of the molecule is Fc1cccc(CN2CCOCC2CBr)c1F. The lowest BCUT2D eigenvalue weighted by Gasteiger charge is -2.34. The molecule has 1 atom stereocenters. The van der Waals surface area contributed by atoms with Crippen molar-refractivity contribution in [2.24, 2.45) is 0 Å². The van der Waals surface area contributed by atoms with E-state index in [2.05, 4.69) is 20.8 Å². The minimum absolute atomic E-state index is 0.214. The van der Waals surface area contributed by atoms with Crippen LogP contribution in [0.4, 0.5) is 8.78 Å². The van der Waals surface area contributed by atoms with Crippen LogP contribution in [0.1, 0.15) is 5.56 Å². The number of benzene rings is 1. The molecule has 0 N–H and O–H groups in total. The molecule has 1 unspecified atom stereocenters. The second kappa shape index (κ2) is 5.89. The van der Waals surface area contributed by atoms with E-state index in [0.717, 1.165) is 17.9 Å². The second-order valence-corrected chi connectivity index (χ2v) is 4.71. The molecule has 5 heteroatoms. The zero-order chi connectivity index (χ0) is 12.3. The van der Waals surface area contributed by atoms with Gasteiger partial charge in [0.2, 0.25) is 0 Å². The van der Waals surface area contributed by atoms with Crippen molar-refractivity contribution >= 4 is 15.9 Å². The van der Waals surface area contributed by atoms with Crippen molar-refractivity contribution < 1.29 is 13.5 Å². The molecule has 2 rings (SSSR count). The predicted molar refractivity (Wildman–Crippen MR) is 65.2 cm³/mol. The van der Waals surface area contributed by atoms with Crippen molar-refractivity contribution in [3.8, 4) is 0 Å². The van der Waals surface area contributed by atoms with Gasteiger partial charge in [-0.2, -0.15) is 0 Å². The van der Waals surface area contributed by atoms with Gasteiger partial charge < -0.3 is 4.74 Å². The highest BCUT2D eigenvalue weighted by molar-refractivity contribution is 9.09. The molecule has 1 heterocycles. The molecule has 94 valence electrons. The number of ether oxygens (including phenoxy) is 1. The van der Waals surface area contributed by atoms with Gasteiger partial charge in [-0.05, 0) is 6.07 Å². The third-order valence-corrected chi connectivity index (χ3v) is 3.68. The van der Waals surface area contributed by atoms with Crippen molar-refractivity contribution in [1.29, 1.82) is 0 Å². The van der Waals surface area contributed by atoms with Crippen LogP contribution in [0.3, 0.4) is 0 Å². The van der Waals surface area contributed by atoms with Crippen molar-refractivity contribution in [2.75, 3.05) is 25.1 Å². The molecule has 1 fully saturated rings. The molecule has 0 radical (unpaired) electrons. The molecule has 0 aliphatic carbocycles. The van der Waals surface area contributed by atoms with Crippen LogP contribution in [-0.4, -0.2) is 36.0 Å². The highest BCUT2D eigenvalue weighted by atomic mass is 79.9. The molecular weight excluding hydrogens is 292 g/mol. The Morgan fingerprint density at radius 2 is 2.24 bits per heavy atom. The Kier molecular flexibility index (Phi) is 4.48. The summed E-state index contributed by atoms with van der Waals surface area (Å²) in [5.74, 6) is -1.53. The van der Waals surface area contributed by atoms with Crippen molar-refractivity contribution in [1.82, 2.24) is 4.90 Å². The van der Waals surface area contributed by atoms with Crippen LogP contribution in [0.25, 0.3) is 0 Å². The van der Waals surface area contributed by atoms with Crippen LogP contribution >= 0.6 is 15.9 Å². The molecule has 0 spiro atoms. The minimum Gasteiger partial charge on any atom is -0.378 e. The van der Waals surface area contributed by atoms with Gasteiger partial charge in [-0.3, -0.25) is 4.90 Å². The lowest BCUT2D eigenvalue weighted by Crippen LogP contribution is -2.45. The standard InChI is InChI=1S/C12H14BrF2NO/c13-6-10-8-17-5-4-16(10)7-9-2-1-3-11(14)12(9)15/h1-3,10H,4-8H2. The molecule has 1 aromatic rings. The fraction of sp³-hybridized carbons (Fsp3) is 0.500. The second-order valence-electron chi connectivity index (χ2n) is 4.07. The van der Waals surface area contributed by atoms with Gasteiger partial charge in [0.25, 0.3) is 0 Å². The molecule has 0 aromatic heterocycles. The molecule has 0 amide bonds. The van der Waals surface area contributed by atoms with Gasteiger partial charge in [-0.1, -0.05) is 28.1 Å². The number of nitrogens with zero attached hydrogens (tertiary/aromatic N) is 1. The molecular formula is C12H14BrF2NO. The summed E-state index contributed by atoms with van der Waals surface area (Å²) in [4.78, 5) is 2.11. The zero-order valence-electron chi connectivity index (χ0n) is 9.33. The Balaban J connectivity index is 2.11. The Labute approximate surface area is 108 Å². The average Bonchev–Trinajstić information content (AvgIpc) is 2.35. The molecule has 1 aromatic carbocycles. The number of hydrogen-bond donors (Lipinski definition) is 0. The average molecular weight is 306 g/mol. The van der Waals surface area contributed by atoms with Crippen LogP contribution < -0.4 is 0 Å². The van der Waals surface area contributed by atoms with E-state index in [9.17, 15) is 8.78 Å². The topological polar surface area (TPSA) is 12.5 Å². The third-order valence-electron chi connectivity index (χ3n) is 2.93. The van der Waals surface area contributed by atoms with Crippen LogP contribution in [0.2, 0.25) is 0 Å². The van der Waals surface area contributed by atoms with Crippen LogP contribution in [-0.2, 0) is 11.3 Å². The first-order valence-corrected chi connectivity index (χ1v) is 6.65. The highest BCUT2D eigenvalue weighted by Gasteiger charge is 2.23. The van der Waals surface area contributed by atoms with Gasteiger partial charge in [-0.25, -0.2) is 8.78 Å². The molecule has 2 nitrogen and oxygen atoms in total. The summed E-state index contributed by atoms with van der Waals surface area (Å²) in [5.41, 5.74) is 0.401. The third kappa shape index (κ3) is 3.03. The smallest absolute Gasteiger partial charge is 0.163 e. The fourth-order valence-electron chi connectivity index (χ4n) is 1.93. The summed E-state index contributed by atoms with van der Waals surface area (Å²) < 4.78 is 32.0. The number of halogens is 3. The van der Waals surface area contributed by atoms with E-state index in [1.54, 1.807) is 6.07 Å². The maximum atomic E-state index is 13.5. The first-order chi connectivity index (χ1) is 8.22. The van der Waals surface area contributed by atoms with E-state index in [0.29, 0.717) is 25.3 Å². The van der Waals surface area contributed by atoms with Crippen LogP contribution in [0.5, 0.6) is 0 Å². The van der Waals surface area contributed by atoms with E-state index in [-0.39, 0.29) is 6.04 Å². The van der Waals surface area contributed by atoms with Gasteiger partial charge in [0, 0.05) is 30.0 Å². The van der Waals surface area contributed by atoms with Crippen molar-refractivity contribution in [3.05, 3.63) is 35.4 Å². The summed E-state index contributed by atoms with van der Waals surface area (Å²) in [5, 5.41) is 0.768. The normalized spacial score (nSPS) is 21.7. The van der Waals surface area contributed by atoms with Gasteiger partial charge in [0.05, 0.1) is 13.2 Å². The number of hydrogen-bond acceptors (Lipinski definition) is 2. The fourth-order valence-corrected chi connectivity index (χ4v) is 2.53.